The number of esters is 1. The van der Waals surface area contributed by atoms with E-state index in [1.165, 1.54) is 49.8 Å². The van der Waals surface area contributed by atoms with Gasteiger partial charge in [0.25, 0.3) is 0 Å². The summed E-state index contributed by atoms with van der Waals surface area (Å²) in [6.45, 7) is 0. The summed E-state index contributed by atoms with van der Waals surface area (Å²) in [7, 11) is -1.05. The molecule has 0 saturated carbocycles. The fourth-order valence-corrected chi connectivity index (χ4v) is 5.78. The second kappa shape index (κ2) is 8.96. The van der Waals surface area contributed by atoms with Crippen molar-refractivity contribution in [1.82, 2.24) is 0 Å². The number of benzene rings is 1. The topological polar surface area (TPSA) is 98.8 Å². The van der Waals surface area contributed by atoms with Gasteiger partial charge in [0, 0.05) is 4.88 Å². The van der Waals surface area contributed by atoms with Crippen LogP contribution in [0.1, 0.15) is 40.1 Å². The highest BCUT2D eigenvalue weighted by molar-refractivity contribution is 7.92. The average Bonchev–Trinajstić information content (AvgIpc) is 2.87. The lowest BCUT2D eigenvalue weighted by Crippen LogP contribution is -2.23. The number of fused-ring (bicyclic) bond motifs is 1. The third-order valence-corrected chi connectivity index (χ3v) is 7.64. The maximum absolute atomic E-state index is 12.6. The van der Waals surface area contributed by atoms with Gasteiger partial charge in [0.15, 0.2) is 9.84 Å². The maximum Gasteiger partial charge on any atom is 0.341 e. The first-order valence-electron chi connectivity index (χ1n) is 9.25. The molecule has 1 N–H and O–H groups in total. The molecule has 29 heavy (non-hydrogen) atoms. The standard InChI is InChI=1S/C20H23NO6S2/c1-26-13-8-10-14(11-9-13)29(24,25)12-17(22)21-19-18(20(23)27-2)15-6-4-3-5-7-16(15)28-19/h8-11H,3-7,12H2,1-2H3,(H,21,22). The van der Waals surface area contributed by atoms with Gasteiger partial charge in [-0.05, 0) is 55.5 Å². The van der Waals surface area contributed by atoms with E-state index in [0.717, 1.165) is 42.5 Å². The Morgan fingerprint density at radius 3 is 2.41 bits per heavy atom. The molecule has 0 atom stereocenters. The van der Waals surface area contributed by atoms with Crippen LogP contribution in [0.3, 0.4) is 0 Å². The summed E-state index contributed by atoms with van der Waals surface area (Å²) in [5.41, 5.74) is 1.26. The van der Waals surface area contributed by atoms with Crippen LogP contribution in [-0.2, 0) is 32.2 Å². The van der Waals surface area contributed by atoms with E-state index in [9.17, 15) is 18.0 Å². The van der Waals surface area contributed by atoms with Gasteiger partial charge >= 0.3 is 5.97 Å². The van der Waals surface area contributed by atoms with Crippen LogP contribution in [0.15, 0.2) is 29.2 Å². The number of rotatable bonds is 6. The fraction of sp³-hybridized carbons (Fsp3) is 0.400. The van der Waals surface area contributed by atoms with Crippen LogP contribution in [0.5, 0.6) is 5.75 Å². The molecule has 1 aromatic carbocycles. The van der Waals surface area contributed by atoms with Crippen LogP contribution in [0.4, 0.5) is 5.00 Å². The van der Waals surface area contributed by atoms with Gasteiger partial charge in [0.1, 0.15) is 16.5 Å². The molecule has 0 saturated heterocycles. The number of amides is 1. The van der Waals surface area contributed by atoms with Crippen molar-refractivity contribution >= 4 is 38.1 Å². The van der Waals surface area contributed by atoms with Crippen LogP contribution >= 0.6 is 11.3 Å². The first kappa shape index (κ1) is 21.3. The zero-order valence-corrected chi connectivity index (χ0v) is 18.0. The lowest BCUT2D eigenvalue weighted by atomic mass is 10.1. The largest absolute Gasteiger partial charge is 0.497 e. The number of carbonyl (C=O) groups is 2. The molecular formula is C20H23NO6S2. The highest BCUT2D eigenvalue weighted by Gasteiger charge is 2.27. The summed E-state index contributed by atoms with van der Waals surface area (Å²) in [6.07, 6.45) is 4.66. The Kier molecular flexibility index (Phi) is 6.59. The molecule has 0 bridgehead atoms. The minimum absolute atomic E-state index is 0.0311. The fourth-order valence-electron chi connectivity index (χ4n) is 3.35. The lowest BCUT2D eigenvalue weighted by Gasteiger charge is -2.08. The monoisotopic (exact) mass is 437 g/mol. The minimum Gasteiger partial charge on any atom is -0.497 e. The van der Waals surface area contributed by atoms with E-state index >= 15 is 0 Å². The smallest absolute Gasteiger partial charge is 0.341 e. The number of thiophene rings is 1. The van der Waals surface area contributed by atoms with Crippen LogP contribution in [-0.4, -0.2) is 40.3 Å². The Labute approximate surface area is 173 Å². The van der Waals surface area contributed by atoms with Gasteiger partial charge in [-0.2, -0.15) is 0 Å². The first-order valence-corrected chi connectivity index (χ1v) is 11.7. The maximum atomic E-state index is 12.6. The van der Waals surface area contributed by atoms with Crippen molar-refractivity contribution in [1.29, 1.82) is 0 Å². The van der Waals surface area contributed by atoms with Crippen molar-refractivity contribution in [3.8, 4) is 5.75 Å². The van der Waals surface area contributed by atoms with E-state index in [2.05, 4.69) is 5.32 Å². The Morgan fingerprint density at radius 1 is 1.07 bits per heavy atom. The zero-order chi connectivity index (χ0) is 21.0. The van der Waals surface area contributed by atoms with Gasteiger partial charge in [0.05, 0.1) is 24.7 Å². The van der Waals surface area contributed by atoms with Crippen molar-refractivity contribution < 1.29 is 27.5 Å². The summed E-state index contributed by atoms with van der Waals surface area (Å²) in [4.78, 5) is 25.9. The molecule has 3 rings (SSSR count). The van der Waals surface area contributed by atoms with Gasteiger partial charge in [-0.1, -0.05) is 6.42 Å². The molecule has 0 aliphatic heterocycles. The molecule has 0 radical (unpaired) electrons. The second-order valence-corrected chi connectivity index (χ2v) is 9.84. The summed E-state index contributed by atoms with van der Waals surface area (Å²) < 4.78 is 35.0. The Balaban J connectivity index is 1.82. The number of methoxy groups -OCH3 is 2. The molecule has 1 heterocycles. The van der Waals surface area contributed by atoms with Gasteiger partial charge < -0.3 is 14.8 Å². The van der Waals surface area contributed by atoms with E-state index in [1.807, 2.05) is 0 Å². The molecular weight excluding hydrogens is 414 g/mol. The van der Waals surface area contributed by atoms with E-state index < -0.39 is 27.5 Å². The van der Waals surface area contributed by atoms with E-state index in [-0.39, 0.29) is 4.90 Å². The number of hydrogen-bond donors (Lipinski definition) is 1. The first-order chi connectivity index (χ1) is 13.9. The predicted octanol–water partition coefficient (Wildman–Crippen LogP) is 3.22. The van der Waals surface area contributed by atoms with Crippen LogP contribution < -0.4 is 10.1 Å². The van der Waals surface area contributed by atoms with Gasteiger partial charge in [-0.15, -0.1) is 11.3 Å². The highest BCUT2D eigenvalue weighted by atomic mass is 32.2. The highest BCUT2D eigenvalue weighted by Crippen LogP contribution is 2.38. The Bertz CT molecular complexity index is 1010. The Morgan fingerprint density at radius 2 is 1.76 bits per heavy atom. The quantitative estimate of drug-likeness (QED) is 0.550. The summed E-state index contributed by atoms with van der Waals surface area (Å²) in [5.74, 6) is -1.40. The van der Waals surface area contributed by atoms with Crippen molar-refractivity contribution in [3.63, 3.8) is 0 Å². The summed E-state index contributed by atoms with van der Waals surface area (Å²) >= 11 is 1.33. The summed E-state index contributed by atoms with van der Waals surface area (Å²) in [5, 5.41) is 2.99. The third-order valence-electron chi connectivity index (χ3n) is 4.80. The molecule has 1 aliphatic carbocycles. The molecule has 2 aromatic rings. The molecule has 1 aromatic heterocycles. The molecule has 156 valence electrons. The Hall–Kier alpha value is -2.39. The number of nitrogens with one attached hydrogen (secondary N) is 1. The van der Waals surface area contributed by atoms with Gasteiger partial charge in [0.2, 0.25) is 5.91 Å². The van der Waals surface area contributed by atoms with E-state index in [0.29, 0.717) is 16.3 Å². The van der Waals surface area contributed by atoms with E-state index in [4.69, 9.17) is 9.47 Å². The minimum atomic E-state index is -3.83. The van der Waals surface area contributed by atoms with Crippen molar-refractivity contribution in [2.75, 3.05) is 25.3 Å². The predicted molar refractivity (Wildman–Crippen MR) is 111 cm³/mol. The SMILES string of the molecule is COC(=O)c1c(NC(=O)CS(=O)(=O)c2ccc(OC)cc2)sc2c1CCCCC2. The number of anilines is 1. The van der Waals surface area contributed by atoms with Crippen LogP contribution in [0.2, 0.25) is 0 Å². The average molecular weight is 438 g/mol. The number of carbonyl (C=O) groups excluding carboxylic acids is 2. The normalized spacial score (nSPS) is 13.9. The third kappa shape index (κ3) is 4.79. The zero-order valence-electron chi connectivity index (χ0n) is 16.3. The number of aryl methyl sites for hydroxylation is 1. The number of ether oxygens (including phenoxy) is 2. The molecule has 7 nitrogen and oxygen atoms in total. The van der Waals surface area contributed by atoms with Crippen molar-refractivity contribution in [3.05, 3.63) is 40.3 Å². The molecule has 0 unspecified atom stereocenters. The van der Waals surface area contributed by atoms with Crippen molar-refractivity contribution in [2.45, 2.75) is 37.0 Å². The second-order valence-electron chi connectivity index (χ2n) is 6.74. The molecule has 1 amide bonds. The summed E-state index contributed by atoms with van der Waals surface area (Å²) in [6, 6.07) is 5.84. The van der Waals surface area contributed by atoms with Gasteiger partial charge in [-0.25, -0.2) is 13.2 Å². The molecule has 0 fully saturated rings. The number of hydrogen-bond acceptors (Lipinski definition) is 7. The number of sulfone groups is 1. The van der Waals surface area contributed by atoms with Crippen molar-refractivity contribution in [2.24, 2.45) is 0 Å². The van der Waals surface area contributed by atoms with Gasteiger partial charge in [-0.3, -0.25) is 4.79 Å². The lowest BCUT2D eigenvalue weighted by molar-refractivity contribution is -0.113. The van der Waals surface area contributed by atoms with Crippen LogP contribution in [0, 0.1) is 0 Å². The molecule has 9 heteroatoms. The molecule has 0 spiro atoms. The van der Waals surface area contributed by atoms with E-state index in [1.54, 1.807) is 0 Å². The molecule has 1 aliphatic rings. The van der Waals surface area contributed by atoms with Crippen LogP contribution in [0.25, 0.3) is 0 Å².